The van der Waals surface area contributed by atoms with Crippen molar-refractivity contribution < 1.29 is 4.79 Å². The second-order valence-electron chi connectivity index (χ2n) is 3.32. The third kappa shape index (κ3) is 2.20. The van der Waals surface area contributed by atoms with E-state index in [9.17, 15) is 4.79 Å². The van der Waals surface area contributed by atoms with Gasteiger partial charge in [0, 0.05) is 6.04 Å². The Hall–Kier alpha value is -0.0900. The minimum atomic E-state index is -0.288. The van der Waals surface area contributed by atoms with E-state index in [1.165, 1.54) is 12.8 Å². The topological polar surface area (TPSA) is 46.3 Å². The zero-order valence-electron chi connectivity index (χ0n) is 7.29. The lowest BCUT2D eigenvalue weighted by molar-refractivity contribution is -0.121. The van der Waals surface area contributed by atoms with Crippen molar-refractivity contribution in [3.63, 3.8) is 0 Å². The van der Waals surface area contributed by atoms with E-state index < -0.39 is 0 Å². The molecule has 0 radical (unpaired) electrons. The molecule has 1 fully saturated rings. The molecule has 12 heavy (non-hydrogen) atoms. The van der Waals surface area contributed by atoms with Crippen LogP contribution in [-0.4, -0.2) is 28.3 Å². The zero-order chi connectivity index (χ0) is 9.14. The maximum atomic E-state index is 10.9. The number of carbonyl (C=O) groups is 1. The van der Waals surface area contributed by atoms with Crippen LogP contribution in [0, 0.1) is 0 Å². The van der Waals surface area contributed by atoms with Gasteiger partial charge in [0.15, 0.2) is 0 Å². The van der Waals surface area contributed by atoms with Crippen LogP contribution in [0.2, 0.25) is 0 Å². The van der Waals surface area contributed by atoms with Crippen molar-refractivity contribution in [3.8, 4) is 0 Å². The molecule has 0 spiro atoms. The lowest BCUT2D eigenvalue weighted by atomic mass is 10.0. The van der Waals surface area contributed by atoms with Gasteiger partial charge in [-0.3, -0.25) is 9.69 Å². The quantitative estimate of drug-likeness (QED) is 0.574. The van der Waals surface area contributed by atoms with Crippen LogP contribution in [0.1, 0.15) is 26.2 Å². The molecule has 1 aliphatic heterocycles. The molecule has 1 saturated heterocycles. The number of hydrogen-bond acceptors (Lipinski definition) is 2. The maximum Gasteiger partial charge on any atom is 0.245 e. The van der Waals surface area contributed by atoms with Crippen LogP contribution in [0.3, 0.4) is 0 Å². The summed E-state index contributed by atoms with van der Waals surface area (Å²) in [5, 5.41) is 0. The number of likely N-dealkylation sites (tertiary alicyclic amines) is 1. The molecule has 0 aliphatic carbocycles. The van der Waals surface area contributed by atoms with Crippen LogP contribution in [0.15, 0.2) is 0 Å². The Morgan fingerprint density at radius 2 is 2.33 bits per heavy atom. The number of primary amides is 1. The monoisotopic (exact) mass is 234 g/mol. The number of nitrogens with two attached hydrogens (primary N) is 1. The predicted octanol–water partition coefficient (Wildman–Crippen LogP) is 1.07. The molecule has 2 N–H and O–H groups in total. The van der Waals surface area contributed by atoms with E-state index in [0.717, 1.165) is 13.0 Å². The molecule has 2 unspecified atom stereocenters. The third-order valence-electron chi connectivity index (χ3n) is 2.38. The summed E-state index contributed by atoms with van der Waals surface area (Å²) in [7, 11) is 0. The van der Waals surface area contributed by atoms with Crippen LogP contribution in [0.4, 0.5) is 0 Å². The number of alkyl halides is 1. The molecule has 70 valence electrons. The highest BCUT2D eigenvalue weighted by Gasteiger charge is 2.27. The minimum Gasteiger partial charge on any atom is -0.368 e. The summed E-state index contributed by atoms with van der Waals surface area (Å²) in [6.07, 6.45) is 3.59. The number of nitrogens with zero attached hydrogens (tertiary/aromatic N) is 1. The molecular weight excluding hydrogens is 220 g/mol. The molecule has 0 bridgehead atoms. The van der Waals surface area contributed by atoms with Crippen molar-refractivity contribution in [3.05, 3.63) is 0 Å². The average Bonchev–Trinajstić information content (AvgIpc) is 2.04. The second-order valence-corrected chi connectivity index (χ2v) is 4.19. The van der Waals surface area contributed by atoms with Crippen LogP contribution in [-0.2, 0) is 4.79 Å². The van der Waals surface area contributed by atoms with Gasteiger partial charge in [0.1, 0.15) is 4.95 Å². The van der Waals surface area contributed by atoms with E-state index in [0.29, 0.717) is 6.04 Å². The van der Waals surface area contributed by atoms with Gasteiger partial charge in [-0.2, -0.15) is 0 Å². The average molecular weight is 235 g/mol. The van der Waals surface area contributed by atoms with Crippen LogP contribution < -0.4 is 5.73 Å². The minimum absolute atomic E-state index is 0.284. The molecule has 0 aromatic heterocycles. The molecule has 1 aliphatic rings. The number of halogens is 1. The van der Waals surface area contributed by atoms with Crippen LogP contribution in [0.25, 0.3) is 0 Å². The van der Waals surface area contributed by atoms with Crippen molar-refractivity contribution in [1.82, 2.24) is 4.90 Å². The lowest BCUT2D eigenvalue weighted by Gasteiger charge is -2.35. The summed E-state index contributed by atoms with van der Waals surface area (Å²) >= 11 is 3.30. The highest BCUT2D eigenvalue weighted by atomic mass is 79.9. The fourth-order valence-electron chi connectivity index (χ4n) is 1.62. The van der Waals surface area contributed by atoms with Gasteiger partial charge in [-0.1, -0.05) is 22.4 Å². The third-order valence-corrected chi connectivity index (χ3v) is 3.36. The van der Waals surface area contributed by atoms with E-state index in [-0.39, 0.29) is 10.9 Å². The summed E-state index contributed by atoms with van der Waals surface area (Å²) in [6.45, 7) is 3.11. The van der Waals surface area contributed by atoms with Gasteiger partial charge in [0.2, 0.25) is 5.91 Å². The van der Waals surface area contributed by atoms with E-state index in [2.05, 4.69) is 27.8 Å². The summed E-state index contributed by atoms with van der Waals surface area (Å²) in [5.74, 6) is -0.288. The molecule has 2 atom stereocenters. The summed E-state index contributed by atoms with van der Waals surface area (Å²) < 4.78 is 0. The smallest absolute Gasteiger partial charge is 0.245 e. The number of carbonyl (C=O) groups excluding carboxylic acids is 1. The lowest BCUT2D eigenvalue weighted by Crippen LogP contribution is -2.47. The Morgan fingerprint density at radius 1 is 1.67 bits per heavy atom. The molecule has 4 heteroatoms. The first-order valence-electron chi connectivity index (χ1n) is 4.32. The first kappa shape index (κ1) is 9.99. The molecule has 0 aromatic rings. The van der Waals surface area contributed by atoms with E-state index >= 15 is 0 Å². The Morgan fingerprint density at radius 3 is 2.83 bits per heavy atom. The second kappa shape index (κ2) is 4.23. The molecular formula is C8H15BrN2O. The fraction of sp³-hybridized carbons (Fsp3) is 0.875. The SMILES string of the molecule is CC1CCCCN1C(Br)C(N)=O. The maximum absolute atomic E-state index is 10.9. The number of piperidine rings is 1. The Balaban J connectivity index is 2.53. The Labute approximate surface area is 81.4 Å². The van der Waals surface area contributed by atoms with E-state index in [4.69, 9.17) is 5.73 Å². The van der Waals surface area contributed by atoms with Crippen molar-refractivity contribution in [2.24, 2.45) is 5.73 Å². The van der Waals surface area contributed by atoms with Gasteiger partial charge < -0.3 is 5.73 Å². The highest BCUT2D eigenvalue weighted by molar-refractivity contribution is 9.09. The Kier molecular flexibility index (Phi) is 3.53. The van der Waals surface area contributed by atoms with Gasteiger partial charge in [0.05, 0.1) is 0 Å². The van der Waals surface area contributed by atoms with Crippen molar-refractivity contribution in [2.45, 2.75) is 37.2 Å². The molecule has 3 nitrogen and oxygen atoms in total. The van der Waals surface area contributed by atoms with Gasteiger partial charge in [-0.15, -0.1) is 0 Å². The molecule has 0 saturated carbocycles. The predicted molar refractivity (Wildman–Crippen MR) is 51.9 cm³/mol. The normalized spacial score (nSPS) is 28.3. The number of hydrogen-bond donors (Lipinski definition) is 1. The van der Waals surface area contributed by atoms with Gasteiger partial charge >= 0.3 is 0 Å². The zero-order valence-corrected chi connectivity index (χ0v) is 8.88. The highest BCUT2D eigenvalue weighted by Crippen LogP contribution is 2.21. The summed E-state index contributed by atoms with van der Waals surface area (Å²) in [6, 6.07) is 0.468. The summed E-state index contributed by atoms with van der Waals surface area (Å²) in [5.41, 5.74) is 5.20. The van der Waals surface area contributed by atoms with Crippen LogP contribution >= 0.6 is 15.9 Å². The molecule has 1 amide bonds. The van der Waals surface area contributed by atoms with Crippen molar-refractivity contribution >= 4 is 21.8 Å². The first-order valence-corrected chi connectivity index (χ1v) is 5.23. The van der Waals surface area contributed by atoms with Gasteiger partial charge in [-0.25, -0.2) is 0 Å². The molecule has 1 heterocycles. The molecule has 1 rings (SSSR count). The number of amides is 1. The number of rotatable bonds is 2. The summed E-state index contributed by atoms with van der Waals surface area (Å²) in [4.78, 5) is 12.7. The Bertz CT molecular complexity index is 174. The van der Waals surface area contributed by atoms with Crippen molar-refractivity contribution in [1.29, 1.82) is 0 Å². The molecule has 0 aromatic carbocycles. The standard InChI is InChI=1S/C8H15BrN2O/c1-6-4-2-3-5-11(6)7(9)8(10)12/h6-7H,2-5H2,1H3,(H2,10,12). The first-order chi connectivity index (χ1) is 5.63. The van der Waals surface area contributed by atoms with E-state index in [1.54, 1.807) is 0 Å². The van der Waals surface area contributed by atoms with Crippen LogP contribution in [0.5, 0.6) is 0 Å². The fourth-order valence-corrected chi connectivity index (χ4v) is 2.23. The van der Waals surface area contributed by atoms with Gasteiger partial charge in [-0.05, 0) is 26.3 Å². The largest absolute Gasteiger partial charge is 0.368 e. The van der Waals surface area contributed by atoms with Crippen molar-refractivity contribution in [2.75, 3.05) is 6.54 Å². The van der Waals surface area contributed by atoms with E-state index in [1.807, 2.05) is 0 Å². The van der Waals surface area contributed by atoms with Gasteiger partial charge in [0.25, 0.3) is 0 Å².